The highest BCUT2D eigenvalue weighted by Crippen LogP contribution is 2.21. The van der Waals surface area contributed by atoms with Crippen LogP contribution in [0, 0.1) is 13.8 Å². The summed E-state index contributed by atoms with van der Waals surface area (Å²) in [5.74, 6) is 0.709. The highest BCUT2D eigenvalue weighted by atomic mass is 35.5. The Bertz CT molecular complexity index is 906. The molecule has 134 valence electrons. The van der Waals surface area contributed by atoms with Gasteiger partial charge in [-0.2, -0.15) is 4.98 Å². The summed E-state index contributed by atoms with van der Waals surface area (Å²) in [6, 6.07) is 12.9. The third-order valence-electron chi connectivity index (χ3n) is 3.62. The van der Waals surface area contributed by atoms with E-state index >= 15 is 0 Å². The highest BCUT2D eigenvalue weighted by molar-refractivity contribution is 6.30. The zero-order valence-electron chi connectivity index (χ0n) is 14.4. The fourth-order valence-corrected chi connectivity index (χ4v) is 2.46. The lowest BCUT2D eigenvalue weighted by Gasteiger charge is -2.08. The van der Waals surface area contributed by atoms with Crippen LogP contribution in [0.4, 0.5) is 0 Å². The Balaban J connectivity index is 1.51. The topological polar surface area (TPSA) is 74.5 Å². The molecule has 0 radical (unpaired) electrons. The predicted octanol–water partition coefficient (Wildman–Crippen LogP) is 4.13. The van der Waals surface area contributed by atoms with Crippen molar-refractivity contribution in [2.24, 2.45) is 0 Å². The lowest BCUT2D eigenvalue weighted by molar-refractivity contribution is -0.148. The van der Waals surface area contributed by atoms with E-state index in [1.54, 1.807) is 18.2 Å². The van der Waals surface area contributed by atoms with Crippen molar-refractivity contribution in [2.45, 2.75) is 20.5 Å². The molecule has 0 aliphatic carbocycles. The van der Waals surface area contributed by atoms with Gasteiger partial charge in [-0.1, -0.05) is 46.6 Å². The maximum atomic E-state index is 11.8. The van der Waals surface area contributed by atoms with E-state index in [1.807, 2.05) is 38.1 Å². The van der Waals surface area contributed by atoms with E-state index < -0.39 is 5.97 Å². The second-order valence-corrected chi connectivity index (χ2v) is 6.17. The SMILES string of the molecule is Cc1ccc(-c2noc(COC(=O)COc3ccc(Cl)cc3C)n2)cc1. The van der Waals surface area contributed by atoms with Gasteiger partial charge in [0.25, 0.3) is 5.89 Å². The van der Waals surface area contributed by atoms with Gasteiger partial charge in [0.2, 0.25) is 5.82 Å². The van der Waals surface area contributed by atoms with E-state index in [0.29, 0.717) is 16.6 Å². The van der Waals surface area contributed by atoms with E-state index in [0.717, 1.165) is 16.7 Å². The molecule has 0 aliphatic rings. The van der Waals surface area contributed by atoms with Gasteiger partial charge in [-0.05, 0) is 37.6 Å². The molecule has 0 N–H and O–H groups in total. The Hall–Kier alpha value is -2.86. The number of rotatable bonds is 6. The lowest BCUT2D eigenvalue weighted by atomic mass is 10.1. The van der Waals surface area contributed by atoms with Gasteiger partial charge in [-0.3, -0.25) is 0 Å². The molecule has 0 saturated heterocycles. The van der Waals surface area contributed by atoms with Crippen molar-refractivity contribution in [3.05, 3.63) is 64.5 Å². The monoisotopic (exact) mass is 372 g/mol. The van der Waals surface area contributed by atoms with Crippen LogP contribution < -0.4 is 4.74 Å². The molecule has 26 heavy (non-hydrogen) atoms. The van der Waals surface area contributed by atoms with Gasteiger partial charge in [-0.15, -0.1) is 0 Å². The van der Waals surface area contributed by atoms with Crippen molar-refractivity contribution < 1.29 is 18.8 Å². The number of benzene rings is 2. The van der Waals surface area contributed by atoms with Crippen LogP contribution in [0.25, 0.3) is 11.4 Å². The van der Waals surface area contributed by atoms with Gasteiger partial charge in [0.1, 0.15) is 5.75 Å². The number of hydrogen-bond donors (Lipinski definition) is 0. The third kappa shape index (κ3) is 4.61. The van der Waals surface area contributed by atoms with Crippen LogP contribution in [0.15, 0.2) is 47.0 Å². The van der Waals surface area contributed by atoms with Crippen LogP contribution in [-0.2, 0) is 16.1 Å². The quantitative estimate of drug-likeness (QED) is 0.606. The summed E-state index contributed by atoms with van der Waals surface area (Å²) in [6.07, 6.45) is 0. The molecule has 0 saturated carbocycles. The molecule has 7 heteroatoms. The van der Waals surface area contributed by atoms with Crippen molar-refractivity contribution in [2.75, 3.05) is 6.61 Å². The van der Waals surface area contributed by atoms with Crippen LogP contribution in [0.2, 0.25) is 5.02 Å². The Kier molecular flexibility index (Phi) is 5.53. The maximum Gasteiger partial charge on any atom is 0.344 e. The molecular formula is C19H17ClN2O4. The Morgan fingerprint density at radius 1 is 1.15 bits per heavy atom. The molecule has 1 heterocycles. The fourth-order valence-electron chi connectivity index (χ4n) is 2.23. The summed E-state index contributed by atoms with van der Waals surface area (Å²) in [5.41, 5.74) is 2.81. The molecule has 0 atom stereocenters. The number of hydrogen-bond acceptors (Lipinski definition) is 6. The number of nitrogens with zero attached hydrogens (tertiary/aromatic N) is 2. The molecule has 0 spiro atoms. The zero-order valence-corrected chi connectivity index (χ0v) is 15.1. The number of ether oxygens (including phenoxy) is 2. The summed E-state index contributed by atoms with van der Waals surface area (Å²) in [4.78, 5) is 16.0. The van der Waals surface area contributed by atoms with Crippen molar-refractivity contribution in [3.8, 4) is 17.1 Å². The molecule has 6 nitrogen and oxygen atoms in total. The number of aryl methyl sites for hydroxylation is 2. The summed E-state index contributed by atoms with van der Waals surface area (Å²) in [5, 5.41) is 4.50. The molecule has 0 bridgehead atoms. The Morgan fingerprint density at radius 3 is 2.65 bits per heavy atom. The highest BCUT2D eigenvalue weighted by Gasteiger charge is 2.12. The molecule has 2 aromatic carbocycles. The minimum Gasteiger partial charge on any atom is -0.482 e. The number of carbonyl (C=O) groups excluding carboxylic acids is 1. The Morgan fingerprint density at radius 2 is 1.92 bits per heavy atom. The first-order chi connectivity index (χ1) is 12.5. The third-order valence-corrected chi connectivity index (χ3v) is 3.85. The molecule has 3 rings (SSSR count). The van der Waals surface area contributed by atoms with Gasteiger partial charge >= 0.3 is 5.97 Å². The summed E-state index contributed by atoms with van der Waals surface area (Å²) >= 11 is 5.88. The largest absolute Gasteiger partial charge is 0.482 e. The van der Waals surface area contributed by atoms with Crippen LogP contribution >= 0.6 is 11.6 Å². The van der Waals surface area contributed by atoms with Gasteiger partial charge < -0.3 is 14.0 Å². The number of aromatic nitrogens is 2. The average molecular weight is 373 g/mol. The summed E-state index contributed by atoms with van der Waals surface area (Å²) in [6.45, 7) is 3.51. The van der Waals surface area contributed by atoms with Crippen LogP contribution in [-0.4, -0.2) is 22.7 Å². The molecule has 0 aliphatic heterocycles. The van der Waals surface area contributed by atoms with E-state index in [2.05, 4.69) is 10.1 Å². The van der Waals surface area contributed by atoms with E-state index in [9.17, 15) is 4.79 Å². The van der Waals surface area contributed by atoms with Crippen LogP contribution in [0.5, 0.6) is 5.75 Å². The standard InChI is InChI=1S/C19H17ClN2O4/c1-12-3-5-14(6-4-12)19-21-17(26-22-19)10-25-18(23)11-24-16-8-7-15(20)9-13(16)2/h3-9H,10-11H2,1-2H3. The summed E-state index contributed by atoms with van der Waals surface area (Å²) < 4.78 is 15.6. The van der Waals surface area contributed by atoms with E-state index in [4.69, 9.17) is 25.6 Å². The maximum absolute atomic E-state index is 11.8. The molecule has 0 fully saturated rings. The lowest BCUT2D eigenvalue weighted by Crippen LogP contribution is -2.15. The van der Waals surface area contributed by atoms with Crippen molar-refractivity contribution in [1.82, 2.24) is 10.1 Å². The minimum atomic E-state index is -0.533. The first kappa shape index (κ1) is 17.9. The first-order valence-electron chi connectivity index (χ1n) is 7.95. The molecular weight excluding hydrogens is 356 g/mol. The van der Waals surface area contributed by atoms with Crippen LogP contribution in [0.1, 0.15) is 17.0 Å². The number of carbonyl (C=O) groups is 1. The second-order valence-electron chi connectivity index (χ2n) is 5.74. The molecule has 3 aromatic rings. The Labute approximate surface area is 155 Å². The van der Waals surface area contributed by atoms with Gasteiger partial charge in [0.05, 0.1) is 0 Å². The van der Waals surface area contributed by atoms with Gasteiger partial charge in [0.15, 0.2) is 13.2 Å². The smallest absolute Gasteiger partial charge is 0.344 e. The average Bonchev–Trinajstić information content (AvgIpc) is 3.09. The zero-order chi connectivity index (χ0) is 18.5. The summed E-state index contributed by atoms with van der Waals surface area (Å²) in [7, 11) is 0. The normalized spacial score (nSPS) is 10.6. The van der Waals surface area contributed by atoms with Crippen LogP contribution in [0.3, 0.4) is 0 Å². The number of esters is 1. The number of halogens is 1. The molecule has 0 amide bonds. The van der Waals surface area contributed by atoms with Gasteiger partial charge in [0, 0.05) is 10.6 Å². The molecule has 0 unspecified atom stereocenters. The predicted molar refractivity (Wildman–Crippen MR) is 96.0 cm³/mol. The minimum absolute atomic E-state index is 0.110. The first-order valence-corrected chi connectivity index (χ1v) is 8.33. The molecule has 1 aromatic heterocycles. The van der Waals surface area contributed by atoms with Crippen molar-refractivity contribution in [3.63, 3.8) is 0 Å². The fraction of sp³-hybridized carbons (Fsp3) is 0.211. The van der Waals surface area contributed by atoms with Crippen molar-refractivity contribution >= 4 is 17.6 Å². The van der Waals surface area contributed by atoms with E-state index in [1.165, 1.54) is 0 Å². The van der Waals surface area contributed by atoms with Gasteiger partial charge in [-0.25, -0.2) is 4.79 Å². The second kappa shape index (κ2) is 8.01. The van der Waals surface area contributed by atoms with E-state index in [-0.39, 0.29) is 19.1 Å². The van der Waals surface area contributed by atoms with Crippen molar-refractivity contribution in [1.29, 1.82) is 0 Å².